The molecule has 0 atom stereocenters. The average Bonchev–Trinajstić information content (AvgIpc) is 2.31. The quantitative estimate of drug-likeness (QED) is 0.385. The Morgan fingerprint density at radius 3 is 2.17 bits per heavy atom. The summed E-state index contributed by atoms with van der Waals surface area (Å²) in [6.45, 7) is 5.65. The molecular weight excluding hydrogens is 234 g/mol. The van der Waals surface area contributed by atoms with Gasteiger partial charge < -0.3 is 0 Å². The summed E-state index contributed by atoms with van der Waals surface area (Å²) in [4.78, 5) is 11.4. The zero-order valence-corrected chi connectivity index (χ0v) is 11.9. The monoisotopic (exact) mass is 260 g/mol. The van der Waals surface area contributed by atoms with E-state index in [1.807, 2.05) is 0 Å². The number of halogens is 2. The van der Waals surface area contributed by atoms with E-state index in [2.05, 4.69) is 6.92 Å². The van der Waals surface area contributed by atoms with Gasteiger partial charge in [0, 0.05) is 12.8 Å². The molecule has 0 amide bonds. The van der Waals surface area contributed by atoms with Crippen LogP contribution in [0.2, 0.25) is 0 Å². The fourth-order valence-electron chi connectivity index (χ4n) is 1.69. The number of hydrogen-bond donors (Lipinski definition) is 0. The third-order valence-corrected chi connectivity index (χ3v) is 2.93. The van der Waals surface area contributed by atoms with Crippen LogP contribution in [-0.4, -0.2) is 11.7 Å². The predicted octanol–water partition coefficient (Wildman–Crippen LogP) is 5.30. The first-order valence-corrected chi connectivity index (χ1v) is 6.94. The molecule has 0 aromatic rings. The Bertz CT molecular complexity index is 266. The number of Topliss-reactive ketones (excluding diaryl/α,β-unsaturated/α-hetero) is 1. The second kappa shape index (κ2) is 9.23. The molecule has 0 fully saturated rings. The molecule has 0 aliphatic rings. The molecule has 1 nitrogen and oxygen atoms in total. The summed E-state index contributed by atoms with van der Waals surface area (Å²) >= 11 is 0. The molecule has 106 valence electrons. The molecule has 0 heterocycles. The van der Waals surface area contributed by atoms with Crippen molar-refractivity contribution in [3.05, 3.63) is 11.6 Å². The summed E-state index contributed by atoms with van der Waals surface area (Å²) < 4.78 is 26.8. The number of unbranched alkanes of at least 4 members (excludes halogenated alkanes) is 5. The fourth-order valence-corrected chi connectivity index (χ4v) is 1.69. The minimum atomic E-state index is -3.18. The van der Waals surface area contributed by atoms with Crippen molar-refractivity contribution in [2.75, 3.05) is 0 Å². The third kappa shape index (κ3) is 8.37. The van der Waals surface area contributed by atoms with Gasteiger partial charge >= 0.3 is 5.92 Å². The predicted molar refractivity (Wildman–Crippen MR) is 72.0 cm³/mol. The smallest absolute Gasteiger partial charge is 0.293 e. The van der Waals surface area contributed by atoms with Crippen LogP contribution in [0.5, 0.6) is 0 Å². The highest BCUT2D eigenvalue weighted by Gasteiger charge is 2.35. The number of carbonyl (C=O) groups is 1. The maximum atomic E-state index is 13.4. The van der Waals surface area contributed by atoms with Gasteiger partial charge in [0.05, 0.1) is 0 Å². The first-order valence-electron chi connectivity index (χ1n) is 6.94. The number of ketones is 1. The summed E-state index contributed by atoms with van der Waals surface area (Å²) in [6, 6.07) is 0. The largest absolute Gasteiger partial charge is 0.308 e. The van der Waals surface area contributed by atoms with Gasteiger partial charge in [-0.25, -0.2) is 0 Å². The number of rotatable bonds is 10. The molecule has 3 heteroatoms. The highest BCUT2D eigenvalue weighted by Crippen LogP contribution is 2.24. The zero-order chi connectivity index (χ0) is 14.0. The van der Waals surface area contributed by atoms with E-state index < -0.39 is 18.1 Å². The number of alkyl halides is 2. The molecule has 18 heavy (non-hydrogen) atoms. The maximum absolute atomic E-state index is 13.4. The molecule has 0 radical (unpaired) electrons. The normalized spacial score (nSPS) is 11.4. The topological polar surface area (TPSA) is 17.1 Å². The van der Waals surface area contributed by atoms with E-state index in [0.29, 0.717) is 6.42 Å². The van der Waals surface area contributed by atoms with Crippen LogP contribution < -0.4 is 0 Å². The second-order valence-corrected chi connectivity index (χ2v) is 5.13. The first-order chi connectivity index (χ1) is 8.40. The van der Waals surface area contributed by atoms with E-state index in [4.69, 9.17) is 0 Å². The van der Waals surface area contributed by atoms with Gasteiger partial charge in [-0.3, -0.25) is 4.79 Å². The lowest BCUT2D eigenvalue weighted by molar-refractivity contribution is -0.142. The van der Waals surface area contributed by atoms with E-state index in [1.165, 1.54) is 18.9 Å². The van der Waals surface area contributed by atoms with Crippen molar-refractivity contribution in [2.24, 2.45) is 0 Å². The molecule has 0 unspecified atom stereocenters. The van der Waals surface area contributed by atoms with Gasteiger partial charge in [-0.1, -0.05) is 50.7 Å². The molecular formula is C15H26F2O. The Balaban J connectivity index is 3.83. The maximum Gasteiger partial charge on any atom is 0.308 e. The molecule has 0 saturated carbocycles. The van der Waals surface area contributed by atoms with Crippen molar-refractivity contribution in [1.29, 1.82) is 0 Å². The Morgan fingerprint density at radius 2 is 1.61 bits per heavy atom. The Kier molecular flexibility index (Phi) is 8.86. The molecule has 0 aromatic heterocycles. The van der Waals surface area contributed by atoms with Crippen LogP contribution in [0.15, 0.2) is 11.6 Å². The molecule has 0 spiro atoms. The molecule has 0 aliphatic carbocycles. The van der Waals surface area contributed by atoms with Gasteiger partial charge in [-0.2, -0.15) is 8.78 Å². The summed E-state index contributed by atoms with van der Waals surface area (Å²) in [5, 5.41) is 0. The van der Waals surface area contributed by atoms with E-state index in [9.17, 15) is 13.6 Å². The molecule has 0 aromatic carbocycles. The van der Waals surface area contributed by atoms with Gasteiger partial charge in [0.1, 0.15) is 0 Å². The van der Waals surface area contributed by atoms with Crippen LogP contribution >= 0.6 is 0 Å². The van der Waals surface area contributed by atoms with Crippen LogP contribution in [0.3, 0.4) is 0 Å². The van der Waals surface area contributed by atoms with Crippen LogP contribution in [0.1, 0.15) is 72.1 Å². The summed E-state index contributed by atoms with van der Waals surface area (Å²) in [7, 11) is 0. The molecule has 0 N–H and O–H groups in total. The van der Waals surface area contributed by atoms with Gasteiger partial charge in [0.2, 0.25) is 5.78 Å². The number of allylic oxidation sites excluding steroid dienone is 2. The summed E-state index contributed by atoms with van der Waals surface area (Å²) in [5.74, 6) is -4.09. The van der Waals surface area contributed by atoms with Crippen molar-refractivity contribution < 1.29 is 13.6 Å². The highest BCUT2D eigenvalue weighted by atomic mass is 19.3. The van der Waals surface area contributed by atoms with Gasteiger partial charge in [-0.15, -0.1) is 0 Å². The van der Waals surface area contributed by atoms with Crippen LogP contribution in [-0.2, 0) is 4.79 Å². The fraction of sp³-hybridized carbons (Fsp3) is 0.800. The lowest BCUT2D eigenvalue weighted by Gasteiger charge is -2.13. The van der Waals surface area contributed by atoms with E-state index in [1.54, 1.807) is 13.8 Å². The van der Waals surface area contributed by atoms with Crippen molar-refractivity contribution >= 4 is 5.78 Å². The number of carbonyl (C=O) groups excluding carboxylic acids is 1. The van der Waals surface area contributed by atoms with Crippen LogP contribution in [0.25, 0.3) is 0 Å². The lowest BCUT2D eigenvalue weighted by Crippen LogP contribution is -2.27. The van der Waals surface area contributed by atoms with E-state index in [0.717, 1.165) is 24.8 Å². The van der Waals surface area contributed by atoms with Crippen LogP contribution in [0, 0.1) is 0 Å². The third-order valence-electron chi connectivity index (χ3n) is 2.93. The first kappa shape index (κ1) is 17.3. The van der Waals surface area contributed by atoms with Crippen LogP contribution in [0.4, 0.5) is 8.78 Å². The zero-order valence-electron chi connectivity index (χ0n) is 11.9. The van der Waals surface area contributed by atoms with Crippen molar-refractivity contribution in [3.8, 4) is 0 Å². The Morgan fingerprint density at radius 1 is 1.06 bits per heavy atom. The van der Waals surface area contributed by atoms with Crippen molar-refractivity contribution in [3.63, 3.8) is 0 Å². The standard InChI is InChI=1S/C15H26F2O/c1-4-5-6-7-8-9-10-14(18)15(16,17)12-11-13(2)3/h11H,4-10,12H2,1-3H3. The Hall–Kier alpha value is -0.730. The number of hydrogen-bond acceptors (Lipinski definition) is 1. The summed E-state index contributed by atoms with van der Waals surface area (Å²) in [5.41, 5.74) is 0.821. The second-order valence-electron chi connectivity index (χ2n) is 5.13. The van der Waals surface area contributed by atoms with Gasteiger partial charge in [0.25, 0.3) is 0 Å². The molecule has 0 rings (SSSR count). The minimum Gasteiger partial charge on any atom is -0.293 e. The highest BCUT2D eigenvalue weighted by molar-refractivity contribution is 5.85. The lowest BCUT2D eigenvalue weighted by atomic mass is 10.0. The minimum absolute atomic E-state index is 0.00965. The van der Waals surface area contributed by atoms with E-state index in [-0.39, 0.29) is 6.42 Å². The molecule has 0 bridgehead atoms. The average molecular weight is 260 g/mol. The van der Waals surface area contributed by atoms with Gasteiger partial charge in [-0.05, 0) is 20.3 Å². The van der Waals surface area contributed by atoms with E-state index >= 15 is 0 Å². The van der Waals surface area contributed by atoms with Gasteiger partial charge in [0.15, 0.2) is 0 Å². The Labute approximate surface area is 110 Å². The molecule has 0 saturated heterocycles. The molecule has 0 aliphatic heterocycles. The summed E-state index contributed by atoms with van der Waals surface area (Å²) in [6.07, 6.45) is 6.99. The SMILES string of the molecule is CCCCCCCCC(=O)C(F)(F)CC=C(C)C. The van der Waals surface area contributed by atoms with Crippen molar-refractivity contribution in [1.82, 2.24) is 0 Å². The van der Waals surface area contributed by atoms with Crippen molar-refractivity contribution in [2.45, 2.75) is 78.1 Å².